The molecule has 6 nitrogen and oxygen atoms in total. The fourth-order valence-electron chi connectivity index (χ4n) is 6.40. The molecule has 1 aliphatic heterocycles. The molecule has 0 radical (unpaired) electrons. The van der Waals surface area contributed by atoms with Crippen LogP contribution in [0.25, 0.3) is 0 Å². The van der Waals surface area contributed by atoms with Crippen LogP contribution in [0, 0.1) is 24.6 Å². The average molecular weight is 535 g/mol. The van der Waals surface area contributed by atoms with Crippen LogP contribution in [0.2, 0.25) is 0 Å². The lowest BCUT2D eigenvalue weighted by atomic mass is 9.82. The Morgan fingerprint density at radius 1 is 0.923 bits per heavy atom. The molecule has 3 aliphatic rings. The Balaban J connectivity index is 1.30. The molecule has 2 saturated carbocycles. The molecule has 2 amide bonds. The molecule has 1 heterocycles. The van der Waals surface area contributed by atoms with Crippen molar-refractivity contribution in [2.24, 2.45) is 17.6 Å². The van der Waals surface area contributed by atoms with E-state index in [4.69, 9.17) is 5.73 Å². The number of likely N-dealkylation sites (tertiary alicyclic amines) is 1. The highest BCUT2D eigenvalue weighted by molar-refractivity contribution is 5.97. The van der Waals surface area contributed by atoms with Gasteiger partial charge in [-0.2, -0.15) is 0 Å². The molecule has 1 unspecified atom stereocenters. The van der Waals surface area contributed by atoms with Crippen LogP contribution in [0.15, 0.2) is 48.5 Å². The summed E-state index contributed by atoms with van der Waals surface area (Å²) in [5.74, 6) is 0.729. The molecule has 2 aromatic carbocycles. The maximum absolute atomic E-state index is 13.7. The molecule has 5 rings (SSSR count). The average Bonchev–Trinajstić information content (AvgIpc) is 3.81. The molecule has 1 saturated heterocycles. The second-order valence-electron chi connectivity index (χ2n) is 12.0. The number of benzene rings is 2. The van der Waals surface area contributed by atoms with Gasteiger partial charge in [-0.25, -0.2) is 4.39 Å². The van der Waals surface area contributed by atoms with E-state index < -0.39 is 6.04 Å². The van der Waals surface area contributed by atoms with Crippen LogP contribution in [-0.4, -0.2) is 59.4 Å². The normalized spacial score (nSPS) is 25.5. The first-order valence-electron chi connectivity index (χ1n) is 14.8. The van der Waals surface area contributed by atoms with Gasteiger partial charge in [0.2, 0.25) is 5.91 Å². The van der Waals surface area contributed by atoms with Crippen LogP contribution < -0.4 is 11.1 Å². The molecule has 3 N–H and O–H groups in total. The topological polar surface area (TPSA) is 78.7 Å². The maximum Gasteiger partial charge on any atom is 0.254 e. The predicted molar refractivity (Wildman–Crippen MR) is 152 cm³/mol. The van der Waals surface area contributed by atoms with E-state index in [2.05, 4.69) is 10.2 Å². The molecule has 0 aromatic heterocycles. The third kappa shape index (κ3) is 7.06. The zero-order valence-corrected chi connectivity index (χ0v) is 23.2. The van der Waals surface area contributed by atoms with Gasteiger partial charge in [0.1, 0.15) is 11.9 Å². The van der Waals surface area contributed by atoms with Gasteiger partial charge in [0.05, 0.1) is 0 Å². The second kappa shape index (κ2) is 12.6. The summed E-state index contributed by atoms with van der Waals surface area (Å²) in [6, 6.07) is 14.5. The Morgan fingerprint density at radius 3 is 2.23 bits per heavy atom. The van der Waals surface area contributed by atoms with Gasteiger partial charge < -0.3 is 16.0 Å². The molecule has 0 bridgehead atoms. The van der Waals surface area contributed by atoms with Crippen molar-refractivity contribution in [1.82, 2.24) is 15.1 Å². The van der Waals surface area contributed by atoms with Gasteiger partial charge in [0, 0.05) is 37.3 Å². The Hall–Kier alpha value is -2.77. The number of rotatable bonds is 9. The van der Waals surface area contributed by atoms with E-state index in [1.165, 1.54) is 12.1 Å². The number of aryl methyl sites for hydroxylation is 1. The first-order chi connectivity index (χ1) is 18.9. The molecule has 0 spiro atoms. The molecular weight excluding hydrogens is 491 g/mol. The summed E-state index contributed by atoms with van der Waals surface area (Å²) in [4.78, 5) is 31.6. The molecule has 2 aliphatic carbocycles. The lowest BCUT2D eigenvalue weighted by molar-refractivity contribution is -0.128. The van der Waals surface area contributed by atoms with Crippen LogP contribution in [0.5, 0.6) is 0 Å². The number of hydrogen-bond donors (Lipinski definition) is 2. The number of halogens is 1. The Labute approximate surface area is 232 Å². The lowest BCUT2D eigenvalue weighted by Gasteiger charge is -2.43. The summed E-state index contributed by atoms with van der Waals surface area (Å²) in [5, 5.41) is 3.24. The molecule has 210 valence electrons. The van der Waals surface area contributed by atoms with Crippen molar-refractivity contribution in [2.75, 3.05) is 19.6 Å². The van der Waals surface area contributed by atoms with E-state index >= 15 is 0 Å². The zero-order valence-electron chi connectivity index (χ0n) is 23.2. The minimum absolute atomic E-state index is 0.0429. The van der Waals surface area contributed by atoms with Gasteiger partial charge in [0.15, 0.2) is 0 Å². The quantitative estimate of drug-likeness (QED) is 0.491. The highest BCUT2D eigenvalue weighted by Gasteiger charge is 2.42. The van der Waals surface area contributed by atoms with E-state index in [0.29, 0.717) is 43.0 Å². The van der Waals surface area contributed by atoms with Crippen LogP contribution in [0.3, 0.4) is 0 Å². The van der Waals surface area contributed by atoms with E-state index in [1.807, 2.05) is 43.3 Å². The smallest absolute Gasteiger partial charge is 0.254 e. The number of nitrogens with two attached hydrogens (primary N) is 1. The second-order valence-corrected chi connectivity index (χ2v) is 12.0. The third-order valence-corrected chi connectivity index (χ3v) is 9.06. The summed E-state index contributed by atoms with van der Waals surface area (Å²) in [6.07, 6.45) is 8.16. The van der Waals surface area contributed by atoms with E-state index in [-0.39, 0.29) is 23.7 Å². The first kappa shape index (κ1) is 27.8. The first-order valence-corrected chi connectivity index (χ1v) is 14.8. The minimum Gasteiger partial charge on any atom is -0.354 e. The SMILES string of the molecule is Cc1ccc(C(=O)N2CCC(N(Cc3ccc(F)cc3)C3CC3)C[C@@H]2C(=O)NCC2CCC(CN)CC2)cc1. The molecule has 39 heavy (non-hydrogen) atoms. The highest BCUT2D eigenvalue weighted by atomic mass is 19.1. The van der Waals surface area contributed by atoms with E-state index in [9.17, 15) is 14.0 Å². The van der Waals surface area contributed by atoms with Crippen molar-refractivity contribution < 1.29 is 14.0 Å². The summed E-state index contributed by atoms with van der Waals surface area (Å²) in [7, 11) is 0. The standard InChI is InChI=1S/C32H43FN4O2/c1-22-2-10-26(11-3-22)32(39)36-17-16-29(37(28-14-15-28)21-25-8-12-27(33)13-9-25)18-30(36)31(38)35-20-24-6-4-23(19-34)5-7-24/h2-3,8-13,23-24,28-30H,4-7,14-21,34H2,1H3,(H,35,38)/t23?,24?,29?,30-/m1/s1. The number of carbonyl (C=O) groups excluding carboxylic acids is 2. The number of nitrogens with zero attached hydrogens (tertiary/aromatic N) is 2. The summed E-state index contributed by atoms with van der Waals surface area (Å²) in [5.41, 5.74) is 8.67. The van der Waals surface area contributed by atoms with Gasteiger partial charge in [-0.15, -0.1) is 0 Å². The largest absolute Gasteiger partial charge is 0.354 e. The zero-order chi connectivity index (χ0) is 27.4. The van der Waals surface area contributed by atoms with Crippen molar-refractivity contribution >= 4 is 11.8 Å². The number of hydrogen-bond acceptors (Lipinski definition) is 4. The van der Waals surface area contributed by atoms with Gasteiger partial charge in [-0.1, -0.05) is 29.8 Å². The highest BCUT2D eigenvalue weighted by Crippen LogP contribution is 2.35. The molecular formula is C32H43FN4O2. The molecule has 3 fully saturated rings. The van der Waals surface area contributed by atoms with E-state index in [0.717, 1.165) is 69.2 Å². The van der Waals surface area contributed by atoms with Gasteiger partial charge in [0.25, 0.3) is 5.91 Å². The van der Waals surface area contributed by atoms with Gasteiger partial charge >= 0.3 is 0 Å². The Morgan fingerprint density at radius 2 is 1.59 bits per heavy atom. The maximum atomic E-state index is 13.7. The summed E-state index contributed by atoms with van der Waals surface area (Å²) in [6.45, 7) is 4.69. The Bertz CT molecular complexity index is 1110. The number of amides is 2. The monoisotopic (exact) mass is 534 g/mol. The fourth-order valence-corrected chi connectivity index (χ4v) is 6.40. The predicted octanol–water partition coefficient (Wildman–Crippen LogP) is 4.65. The van der Waals surface area contributed by atoms with Crippen molar-refractivity contribution in [3.63, 3.8) is 0 Å². The fraction of sp³-hybridized carbons (Fsp3) is 0.562. The van der Waals surface area contributed by atoms with Crippen molar-refractivity contribution in [3.05, 3.63) is 71.0 Å². The lowest BCUT2D eigenvalue weighted by Crippen LogP contribution is -2.58. The number of carbonyl (C=O) groups is 2. The molecule has 2 aromatic rings. The van der Waals surface area contributed by atoms with Crippen LogP contribution in [0.1, 0.15) is 72.9 Å². The van der Waals surface area contributed by atoms with Gasteiger partial charge in [-0.3, -0.25) is 14.5 Å². The Kier molecular flexibility index (Phi) is 8.98. The minimum atomic E-state index is -0.507. The van der Waals surface area contributed by atoms with Crippen LogP contribution in [-0.2, 0) is 11.3 Å². The number of nitrogens with one attached hydrogen (secondary N) is 1. The molecule has 2 atom stereocenters. The number of piperidine rings is 1. The van der Waals surface area contributed by atoms with Crippen LogP contribution in [0.4, 0.5) is 4.39 Å². The van der Waals surface area contributed by atoms with E-state index in [1.54, 1.807) is 4.90 Å². The summed E-state index contributed by atoms with van der Waals surface area (Å²) < 4.78 is 13.5. The van der Waals surface area contributed by atoms with Crippen molar-refractivity contribution in [2.45, 2.75) is 83.0 Å². The van der Waals surface area contributed by atoms with Crippen LogP contribution >= 0.6 is 0 Å². The third-order valence-electron chi connectivity index (χ3n) is 9.06. The van der Waals surface area contributed by atoms with Crippen molar-refractivity contribution in [1.29, 1.82) is 0 Å². The summed E-state index contributed by atoms with van der Waals surface area (Å²) >= 11 is 0. The molecule has 7 heteroatoms. The van der Waals surface area contributed by atoms with Crippen molar-refractivity contribution in [3.8, 4) is 0 Å². The van der Waals surface area contributed by atoms with Gasteiger partial charge in [-0.05, 0) is 106 Å².